The number of thiophene rings is 1. The van der Waals surface area contributed by atoms with E-state index in [0.29, 0.717) is 16.7 Å². The maximum absolute atomic E-state index is 13.1. The van der Waals surface area contributed by atoms with Crippen LogP contribution in [0.5, 0.6) is 0 Å². The van der Waals surface area contributed by atoms with E-state index in [1.165, 1.54) is 22.5 Å². The van der Waals surface area contributed by atoms with Crippen molar-refractivity contribution in [1.29, 1.82) is 0 Å². The van der Waals surface area contributed by atoms with Crippen molar-refractivity contribution in [3.63, 3.8) is 0 Å². The van der Waals surface area contributed by atoms with E-state index in [9.17, 15) is 8.42 Å². The summed E-state index contributed by atoms with van der Waals surface area (Å²) in [5, 5.41) is 11.6. The van der Waals surface area contributed by atoms with E-state index in [2.05, 4.69) is 34.0 Å². The van der Waals surface area contributed by atoms with E-state index in [0.717, 1.165) is 28.0 Å². The number of hydrogen-bond donors (Lipinski definition) is 1. The number of tetrazole rings is 1. The van der Waals surface area contributed by atoms with Crippen LogP contribution in [0.15, 0.2) is 40.9 Å². The molecule has 0 atom stereocenters. The quantitative estimate of drug-likeness (QED) is 0.613. The maximum atomic E-state index is 13.1. The molecule has 0 fully saturated rings. The Hall–Kier alpha value is -2.10. The molecule has 3 rings (SSSR count). The Kier molecular flexibility index (Phi) is 6.21. The van der Waals surface area contributed by atoms with Crippen LogP contribution in [0, 0.1) is 5.92 Å². The van der Waals surface area contributed by atoms with Gasteiger partial charge in [-0.05, 0) is 55.5 Å². The first-order chi connectivity index (χ1) is 13.5. The second-order valence-corrected chi connectivity index (χ2v) is 11.5. The Morgan fingerprint density at radius 1 is 1.17 bits per heavy atom. The van der Waals surface area contributed by atoms with Gasteiger partial charge in [0.1, 0.15) is 4.21 Å². The van der Waals surface area contributed by atoms with Crippen LogP contribution < -0.4 is 4.72 Å². The van der Waals surface area contributed by atoms with Crippen molar-refractivity contribution < 1.29 is 8.42 Å². The largest absolute Gasteiger partial charge is 0.251 e. The Labute approximate surface area is 176 Å². The Morgan fingerprint density at radius 3 is 2.41 bits per heavy atom. The third kappa shape index (κ3) is 5.71. The number of aromatic nitrogens is 4. The summed E-state index contributed by atoms with van der Waals surface area (Å²) in [5.74, 6) is 0.449. The highest BCUT2D eigenvalue weighted by molar-refractivity contribution is 7.91. The van der Waals surface area contributed by atoms with Gasteiger partial charge in [0.15, 0.2) is 6.33 Å². The highest BCUT2D eigenvalue weighted by atomic mass is 32.2. The highest BCUT2D eigenvalue weighted by Crippen LogP contribution is 2.37. The molecule has 0 aliphatic rings. The molecule has 1 aromatic carbocycles. The monoisotopic (exact) mass is 433 g/mol. The maximum Gasteiger partial charge on any atom is 0.251 e. The SMILES string of the molecule is CC(C)Cc1cc(-c2ccc(Cn3ncnn3)cc2)c(S(=O)(=O)NC(C)(C)C)s1. The summed E-state index contributed by atoms with van der Waals surface area (Å²) in [4.78, 5) is 2.57. The van der Waals surface area contributed by atoms with Gasteiger partial charge in [0.25, 0.3) is 10.0 Å². The molecule has 0 amide bonds. The lowest BCUT2D eigenvalue weighted by Gasteiger charge is -2.20. The summed E-state index contributed by atoms with van der Waals surface area (Å²) in [7, 11) is -3.63. The molecule has 156 valence electrons. The molecule has 9 heteroatoms. The van der Waals surface area contributed by atoms with Crippen LogP contribution >= 0.6 is 11.3 Å². The molecule has 0 spiro atoms. The molecule has 0 unspecified atom stereocenters. The lowest BCUT2D eigenvalue weighted by molar-refractivity contribution is 0.493. The molecule has 3 aromatic rings. The average molecular weight is 434 g/mol. The van der Waals surface area contributed by atoms with E-state index in [1.807, 2.05) is 51.1 Å². The van der Waals surface area contributed by atoms with Crippen LogP contribution in [0.2, 0.25) is 0 Å². The zero-order chi connectivity index (χ0) is 21.2. The zero-order valence-corrected chi connectivity index (χ0v) is 19.0. The second-order valence-electron chi connectivity index (χ2n) is 8.53. The summed E-state index contributed by atoms with van der Waals surface area (Å²) >= 11 is 1.36. The minimum Gasteiger partial charge on any atom is -0.206 e. The Bertz CT molecular complexity index is 1050. The van der Waals surface area contributed by atoms with Gasteiger partial charge in [-0.15, -0.1) is 21.5 Å². The first-order valence-corrected chi connectivity index (χ1v) is 11.8. The van der Waals surface area contributed by atoms with Crippen molar-refractivity contribution in [2.24, 2.45) is 5.92 Å². The summed E-state index contributed by atoms with van der Waals surface area (Å²) in [6, 6.07) is 9.83. The molecule has 2 aromatic heterocycles. The molecular weight excluding hydrogens is 406 g/mol. The van der Waals surface area contributed by atoms with Crippen molar-refractivity contribution in [1.82, 2.24) is 24.9 Å². The minimum absolute atomic E-state index is 0.369. The van der Waals surface area contributed by atoms with Crippen LogP contribution in [0.4, 0.5) is 0 Å². The molecule has 2 heterocycles. The molecular formula is C20H27N5O2S2. The third-order valence-electron chi connectivity index (χ3n) is 4.02. The molecule has 0 bridgehead atoms. The standard InChI is InChI=1S/C20H27N5O2S2/c1-14(2)10-17-11-18(19(28-17)29(26,27)23-20(3,4)5)16-8-6-15(7-9-16)12-25-22-13-21-24-25/h6-9,11,13-14,23H,10,12H2,1-5H3. The molecule has 0 radical (unpaired) electrons. The number of benzene rings is 1. The molecule has 0 aliphatic carbocycles. The minimum atomic E-state index is -3.63. The molecule has 0 aliphatic heterocycles. The number of nitrogens with zero attached hydrogens (tertiary/aromatic N) is 4. The fraction of sp³-hybridized carbons (Fsp3) is 0.450. The summed E-state index contributed by atoms with van der Waals surface area (Å²) in [5.41, 5.74) is 2.09. The molecule has 0 saturated carbocycles. The Morgan fingerprint density at radius 2 is 1.86 bits per heavy atom. The van der Waals surface area contributed by atoms with Crippen LogP contribution in [0.1, 0.15) is 45.1 Å². The predicted molar refractivity (Wildman–Crippen MR) is 115 cm³/mol. The lowest BCUT2D eigenvalue weighted by atomic mass is 10.0. The van der Waals surface area contributed by atoms with Crippen LogP contribution in [0.25, 0.3) is 11.1 Å². The van der Waals surface area contributed by atoms with Crippen molar-refractivity contribution in [3.8, 4) is 11.1 Å². The number of nitrogens with one attached hydrogen (secondary N) is 1. The Balaban J connectivity index is 1.97. The highest BCUT2D eigenvalue weighted by Gasteiger charge is 2.27. The molecule has 1 N–H and O–H groups in total. The van der Waals surface area contributed by atoms with E-state index < -0.39 is 15.6 Å². The van der Waals surface area contributed by atoms with E-state index in [1.54, 1.807) is 0 Å². The third-order valence-corrected chi connectivity index (χ3v) is 7.47. The van der Waals surface area contributed by atoms with Crippen LogP contribution in [-0.4, -0.2) is 34.2 Å². The van der Waals surface area contributed by atoms with Gasteiger partial charge in [-0.1, -0.05) is 38.1 Å². The van der Waals surface area contributed by atoms with Gasteiger partial charge in [0.05, 0.1) is 6.54 Å². The first-order valence-electron chi connectivity index (χ1n) is 9.50. The fourth-order valence-corrected chi connectivity index (χ4v) is 6.36. The fourth-order valence-electron chi connectivity index (χ4n) is 2.99. The average Bonchev–Trinajstić information content (AvgIpc) is 3.23. The zero-order valence-electron chi connectivity index (χ0n) is 17.4. The number of rotatable bonds is 7. The van der Waals surface area contributed by atoms with Gasteiger partial charge < -0.3 is 0 Å². The smallest absolute Gasteiger partial charge is 0.206 e. The predicted octanol–water partition coefficient (Wildman–Crippen LogP) is 3.73. The van der Waals surface area contributed by atoms with Gasteiger partial charge in [0.2, 0.25) is 0 Å². The first kappa shape index (κ1) is 21.6. The molecule has 29 heavy (non-hydrogen) atoms. The molecule has 0 saturated heterocycles. The number of hydrogen-bond acceptors (Lipinski definition) is 6. The van der Waals surface area contributed by atoms with E-state index >= 15 is 0 Å². The van der Waals surface area contributed by atoms with Crippen molar-refractivity contribution in [2.45, 2.75) is 57.3 Å². The van der Waals surface area contributed by atoms with E-state index in [-0.39, 0.29) is 0 Å². The van der Waals surface area contributed by atoms with Crippen LogP contribution in [0.3, 0.4) is 0 Å². The summed E-state index contributed by atoms with van der Waals surface area (Å²) in [6.07, 6.45) is 2.24. The molecule has 7 nitrogen and oxygen atoms in total. The van der Waals surface area contributed by atoms with E-state index in [4.69, 9.17) is 0 Å². The number of sulfonamides is 1. The van der Waals surface area contributed by atoms with Crippen LogP contribution in [-0.2, 0) is 23.0 Å². The topological polar surface area (TPSA) is 89.8 Å². The lowest BCUT2D eigenvalue weighted by Crippen LogP contribution is -2.40. The van der Waals surface area contributed by atoms with Crippen molar-refractivity contribution in [2.75, 3.05) is 0 Å². The summed E-state index contributed by atoms with van der Waals surface area (Å²) < 4.78 is 29.3. The van der Waals surface area contributed by atoms with Gasteiger partial charge in [0, 0.05) is 16.0 Å². The summed E-state index contributed by atoms with van der Waals surface area (Å²) in [6.45, 7) is 10.3. The normalized spacial score (nSPS) is 12.6. The van der Waals surface area contributed by atoms with Gasteiger partial charge in [-0.2, -0.15) is 4.80 Å². The van der Waals surface area contributed by atoms with Crippen molar-refractivity contribution in [3.05, 3.63) is 47.1 Å². The van der Waals surface area contributed by atoms with Gasteiger partial charge in [-0.3, -0.25) is 0 Å². The van der Waals surface area contributed by atoms with Crippen molar-refractivity contribution >= 4 is 21.4 Å². The van der Waals surface area contributed by atoms with Gasteiger partial charge >= 0.3 is 0 Å². The second kappa shape index (κ2) is 8.33. The van der Waals surface area contributed by atoms with Gasteiger partial charge in [-0.25, -0.2) is 13.1 Å².